The number of sulfonamides is 1. The Hall–Kier alpha value is -2.67. The standard InChI is InChI=1S/C17H15ClN4O4S/c18-16-11-14(22(23)24)3-6-17(16)20-7-9-21(10-8-20)27(25,26)15-4-1-13(12-19)2-5-15/h1-6,11H,7-10H2. The highest BCUT2D eigenvalue weighted by molar-refractivity contribution is 7.89. The number of nitro groups is 1. The molecule has 1 fully saturated rings. The SMILES string of the molecule is N#Cc1ccc(S(=O)(=O)N2CCN(c3ccc([N+](=O)[O-])cc3Cl)CC2)cc1. The van der Waals surface area contributed by atoms with Gasteiger partial charge in [0.05, 0.1) is 32.2 Å². The van der Waals surface area contributed by atoms with Crippen LogP contribution in [0.25, 0.3) is 0 Å². The first-order valence-corrected chi connectivity index (χ1v) is 9.84. The third-order valence-corrected chi connectivity index (χ3v) is 6.56. The average Bonchev–Trinajstić information content (AvgIpc) is 2.68. The third-order valence-electron chi connectivity index (χ3n) is 4.34. The summed E-state index contributed by atoms with van der Waals surface area (Å²) in [5, 5.41) is 19.9. The molecule has 2 aromatic rings. The first-order valence-electron chi connectivity index (χ1n) is 8.02. The zero-order chi connectivity index (χ0) is 19.6. The fourth-order valence-corrected chi connectivity index (χ4v) is 4.60. The van der Waals surface area contributed by atoms with E-state index in [1.165, 1.54) is 40.7 Å². The van der Waals surface area contributed by atoms with Crippen molar-refractivity contribution < 1.29 is 13.3 Å². The average molecular weight is 407 g/mol. The lowest BCUT2D eigenvalue weighted by atomic mass is 10.2. The van der Waals surface area contributed by atoms with Crippen LogP contribution >= 0.6 is 11.6 Å². The number of halogens is 1. The summed E-state index contributed by atoms with van der Waals surface area (Å²) in [7, 11) is -3.65. The topological polar surface area (TPSA) is 108 Å². The maximum atomic E-state index is 12.7. The Kier molecular flexibility index (Phi) is 5.32. The highest BCUT2D eigenvalue weighted by Gasteiger charge is 2.29. The van der Waals surface area contributed by atoms with E-state index in [0.29, 0.717) is 24.3 Å². The number of rotatable bonds is 4. The van der Waals surface area contributed by atoms with Gasteiger partial charge in [0.2, 0.25) is 10.0 Å². The molecule has 0 aromatic heterocycles. The zero-order valence-corrected chi connectivity index (χ0v) is 15.7. The molecule has 1 saturated heterocycles. The lowest BCUT2D eigenvalue weighted by molar-refractivity contribution is -0.384. The molecule has 10 heteroatoms. The van der Waals surface area contributed by atoms with Gasteiger partial charge in [-0.1, -0.05) is 11.6 Å². The van der Waals surface area contributed by atoms with Crippen LogP contribution in [-0.2, 0) is 10.0 Å². The van der Waals surface area contributed by atoms with Crippen LogP contribution in [0.3, 0.4) is 0 Å². The van der Waals surface area contributed by atoms with Crippen LogP contribution in [0.4, 0.5) is 11.4 Å². The number of nitro benzene ring substituents is 1. The van der Waals surface area contributed by atoms with E-state index in [4.69, 9.17) is 16.9 Å². The van der Waals surface area contributed by atoms with Gasteiger partial charge in [0.25, 0.3) is 5.69 Å². The number of anilines is 1. The normalized spacial score (nSPS) is 15.3. The van der Waals surface area contributed by atoms with Crippen molar-refractivity contribution in [2.45, 2.75) is 4.90 Å². The molecule has 27 heavy (non-hydrogen) atoms. The van der Waals surface area contributed by atoms with Gasteiger partial charge in [-0.3, -0.25) is 10.1 Å². The summed E-state index contributed by atoms with van der Waals surface area (Å²) < 4.78 is 26.9. The monoisotopic (exact) mass is 406 g/mol. The van der Waals surface area contributed by atoms with Gasteiger partial charge >= 0.3 is 0 Å². The van der Waals surface area contributed by atoms with Crippen molar-refractivity contribution >= 4 is 33.0 Å². The smallest absolute Gasteiger partial charge is 0.271 e. The highest BCUT2D eigenvalue weighted by atomic mass is 35.5. The Bertz CT molecular complexity index is 1010. The molecule has 1 heterocycles. The summed E-state index contributed by atoms with van der Waals surface area (Å²) in [4.78, 5) is 12.3. The van der Waals surface area contributed by atoms with Crippen molar-refractivity contribution in [3.63, 3.8) is 0 Å². The molecule has 0 radical (unpaired) electrons. The van der Waals surface area contributed by atoms with Crippen molar-refractivity contribution in [1.82, 2.24) is 4.31 Å². The number of hydrogen-bond acceptors (Lipinski definition) is 6. The molecule has 0 saturated carbocycles. The molecule has 1 aliphatic rings. The largest absolute Gasteiger partial charge is 0.368 e. The minimum Gasteiger partial charge on any atom is -0.368 e. The summed E-state index contributed by atoms with van der Waals surface area (Å²) in [5.74, 6) is 0. The fourth-order valence-electron chi connectivity index (χ4n) is 2.89. The number of hydrogen-bond donors (Lipinski definition) is 0. The van der Waals surface area contributed by atoms with Gasteiger partial charge in [-0.25, -0.2) is 8.42 Å². The van der Waals surface area contributed by atoms with E-state index in [1.807, 2.05) is 11.0 Å². The number of benzene rings is 2. The van der Waals surface area contributed by atoms with E-state index in [2.05, 4.69) is 0 Å². The molecule has 2 aromatic carbocycles. The van der Waals surface area contributed by atoms with Crippen LogP contribution in [0.1, 0.15) is 5.56 Å². The molecule has 0 spiro atoms. The molecule has 0 aliphatic carbocycles. The molecule has 140 valence electrons. The van der Waals surface area contributed by atoms with E-state index >= 15 is 0 Å². The van der Waals surface area contributed by atoms with Crippen LogP contribution in [0, 0.1) is 21.4 Å². The van der Waals surface area contributed by atoms with Crippen molar-refractivity contribution in [3.05, 3.63) is 63.2 Å². The first kappa shape index (κ1) is 19.1. The van der Waals surface area contributed by atoms with Crippen LogP contribution in [0.15, 0.2) is 47.4 Å². The maximum Gasteiger partial charge on any atom is 0.271 e. The molecule has 8 nitrogen and oxygen atoms in total. The van der Waals surface area contributed by atoms with Gasteiger partial charge in [0, 0.05) is 38.3 Å². The Labute approximate surface area is 161 Å². The Morgan fingerprint density at radius 2 is 1.70 bits per heavy atom. The van der Waals surface area contributed by atoms with Gasteiger partial charge in [-0.15, -0.1) is 0 Å². The van der Waals surface area contributed by atoms with Gasteiger partial charge in [-0.2, -0.15) is 9.57 Å². The number of nitriles is 1. The predicted octanol–water partition coefficient (Wildman–Crippen LogP) is 2.63. The van der Waals surface area contributed by atoms with Crippen LogP contribution in [-0.4, -0.2) is 43.8 Å². The second kappa shape index (κ2) is 7.52. The lowest BCUT2D eigenvalue weighted by Crippen LogP contribution is -2.48. The minimum atomic E-state index is -3.65. The van der Waals surface area contributed by atoms with E-state index < -0.39 is 14.9 Å². The molecule has 0 atom stereocenters. The molecule has 1 aliphatic heterocycles. The Balaban J connectivity index is 1.73. The van der Waals surface area contributed by atoms with Gasteiger partial charge in [0.15, 0.2) is 0 Å². The first-order chi connectivity index (χ1) is 12.8. The lowest BCUT2D eigenvalue weighted by Gasteiger charge is -2.35. The molecular weight excluding hydrogens is 392 g/mol. The van der Waals surface area contributed by atoms with Crippen molar-refractivity contribution in [2.24, 2.45) is 0 Å². The molecule has 0 N–H and O–H groups in total. The fraction of sp³-hybridized carbons (Fsp3) is 0.235. The number of nitrogens with zero attached hydrogens (tertiary/aromatic N) is 4. The van der Waals surface area contributed by atoms with Crippen molar-refractivity contribution in [2.75, 3.05) is 31.1 Å². The van der Waals surface area contributed by atoms with Crippen LogP contribution < -0.4 is 4.90 Å². The molecule has 0 unspecified atom stereocenters. The van der Waals surface area contributed by atoms with Gasteiger partial charge < -0.3 is 4.90 Å². The van der Waals surface area contributed by atoms with Gasteiger partial charge in [-0.05, 0) is 30.3 Å². The maximum absolute atomic E-state index is 12.7. The molecule has 0 bridgehead atoms. The highest BCUT2D eigenvalue weighted by Crippen LogP contribution is 2.31. The summed E-state index contributed by atoms with van der Waals surface area (Å²) >= 11 is 6.15. The van der Waals surface area contributed by atoms with Crippen LogP contribution in [0.5, 0.6) is 0 Å². The predicted molar refractivity (Wildman–Crippen MR) is 100 cm³/mol. The Morgan fingerprint density at radius 1 is 1.07 bits per heavy atom. The van der Waals surface area contributed by atoms with Gasteiger partial charge in [0.1, 0.15) is 0 Å². The minimum absolute atomic E-state index is 0.0919. The molecule has 0 amide bonds. The van der Waals surface area contributed by atoms with Crippen molar-refractivity contribution in [1.29, 1.82) is 5.26 Å². The quantitative estimate of drug-likeness (QED) is 0.570. The summed E-state index contributed by atoms with van der Waals surface area (Å²) in [6, 6.07) is 12.0. The van der Waals surface area contributed by atoms with E-state index in [9.17, 15) is 18.5 Å². The van der Waals surface area contributed by atoms with E-state index in [1.54, 1.807) is 6.07 Å². The number of piperazine rings is 1. The molecule has 3 rings (SSSR count). The second-order valence-electron chi connectivity index (χ2n) is 5.92. The van der Waals surface area contributed by atoms with E-state index in [0.717, 1.165) is 0 Å². The zero-order valence-electron chi connectivity index (χ0n) is 14.1. The summed E-state index contributed by atoms with van der Waals surface area (Å²) in [6.07, 6.45) is 0. The van der Waals surface area contributed by atoms with E-state index in [-0.39, 0.29) is 28.7 Å². The Morgan fingerprint density at radius 3 is 2.22 bits per heavy atom. The van der Waals surface area contributed by atoms with Crippen molar-refractivity contribution in [3.8, 4) is 6.07 Å². The van der Waals surface area contributed by atoms with Crippen LogP contribution in [0.2, 0.25) is 5.02 Å². The number of non-ortho nitro benzene ring substituents is 1. The molecular formula is C17H15ClN4O4S. The second-order valence-corrected chi connectivity index (χ2v) is 8.27. The summed E-state index contributed by atoms with van der Waals surface area (Å²) in [5.41, 5.74) is 0.940. The summed E-state index contributed by atoms with van der Waals surface area (Å²) in [6.45, 7) is 1.34. The third kappa shape index (κ3) is 3.88.